The molecular formula is C40H24O. The lowest BCUT2D eigenvalue weighted by Crippen LogP contribution is -1.87. The van der Waals surface area contributed by atoms with E-state index in [1.165, 1.54) is 0 Å². The van der Waals surface area contributed by atoms with Crippen LogP contribution in [0.15, 0.2) is 150 Å². The Labute approximate surface area is 252 Å². The van der Waals surface area contributed by atoms with E-state index in [0.29, 0.717) is 22.1 Å². The number of benzene rings is 8. The molecule has 1 heteroatoms. The zero-order valence-corrected chi connectivity index (χ0v) is 21.4. The average Bonchev–Trinajstić information content (AvgIpc) is 3.54. The first-order valence-corrected chi connectivity index (χ1v) is 13.2. The fourth-order valence-electron chi connectivity index (χ4n) is 6.01. The average molecular weight is 532 g/mol. The van der Waals surface area contributed by atoms with Crippen LogP contribution in [0.25, 0.3) is 87.3 Å². The fourth-order valence-corrected chi connectivity index (χ4v) is 6.01. The van der Waals surface area contributed by atoms with Gasteiger partial charge in [-0.3, -0.25) is 0 Å². The first kappa shape index (κ1) is 14.3. The molecule has 0 saturated heterocycles. The summed E-state index contributed by atoms with van der Waals surface area (Å²) in [6, 6.07) is 19.7. The molecule has 8 aromatic carbocycles. The lowest BCUT2D eigenvalue weighted by Gasteiger charge is -2.14. The monoisotopic (exact) mass is 531 g/mol. The topological polar surface area (TPSA) is 13.1 Å². The highest BCUT2D eigenvalue weighted by atomic mass is 16.3. The Morgan fingerprint density at radius 3 is 2.17 bits per heavy atom. The van der Waals surface area contributed by atoms with Crippen LogP contribution >= 0.6 is 0 Å². The van der Waals surface area contributed by atoms with Crippen molar-refractivity contribution in [3.63, 3.8) is 0 Å². The summed E-state index contributed by atoms with van der Waals surface area (Å²) in [6.45, 7) is 0. The van der Waals surface area contributed by atoms with E-state index in [4.69, 9.17) is 16.8 Å². The highest BCUT2D eigenvalue weighted by Gasteiger charge is 2.17. The summed E-state index contributed by atoms with van der Waals surface area (Å²) in [4.78, 5) is 0. The normalized spacial score (nSPS) is 15.7. The maximum absolute atomic E-state index is 9.37. The Kier molecular flexibility index (Phi) is 2.98. The van der Waals surface area contributed by atoms with Crippen LogP contribution in [0.1, 0.15) is 15.1 Å². The van der Waals surface area contributed by atoms with Gasteiger partial charge in [0.1, 0.15) is 11.2 Å². The van der Waals surface area contributed by atoms with E-state index >= 15 is 0 Å². The van der Waals surface area contributed by atoms with Crippen LogP contribution < -0.4 is 0 Å². The van der Waals surface area contributed by atoms with Crippen LogP contribution in [0, 0.1) is 0 Å². The molecule has 0 fully saturated rings. The number of hydrogen-bond acceptors (Lipinski definition) is 1. The zero-order chi connectivity index (χ0) is 36.5. The Balaban J connectivity index is 1.50. The van der Waals surface area contributed by atoms with E-state index in [1.54, 1.807) is 12.1 Å². The molecule has 0 aliphatic heterocycles. The van der Waals surface area contributed by atoms with Crippen LogP contribution in [0.3, 0.4) is 0 Å². The van der Waals surface area contributed by atoms with Crippen molar-refractivity contribution in [1.82, 2.24) is 0 Å². The van der Waals surface area contributed by atoms with Gasteiger partial charge in [-0.25, -0.2) is 0 Å². The highest BCUT2D eigenvalue weighted by molar-refractivity contribution is 6.23. The minimum atomic E-state index is -0.584. The summed E-state index contributed by atoms with van der Waals surface area (Å²) in [7, 11) is 0. The van der Waals surface area contributed by atoms with Gasteiger partial charge < -0.3 is 4.42 Å². The Hall–Kier alpha value is -5.40. The van der Waals surface area contributed by atoms with Gasteiger partial charge in [0.05, 0.1) is 15.1 Å². The Morgan fingerprint density at radius 2 is 1.27 bits per heavy atom. The van der Waals surface area contributed by atoms with Crippen molar-refractivity contribution in [2.24, 2.45) is 0 Å². The molecule has 1 heterocycles. The highest BCUT2D eigenvalue weighted by Crippen LogP contribution is 2.43. The fraction of sp³-hybridized carbons (Fsp3) is 0. The third-order valence-corrected chi connectivity index (χ3v) is 7.80. The minimum absolute atomic E-state index is 0.0200. The van der Waals surface area contributed by atoms with Gasteiger partial charge in [-0.2, -0.15) is 0 Å². The number of fused-ring (bicyclic) bond motifs is 9. The van der Waals surface area contributed by atoms with Crippen molar-refractivity contribution in [2.45, 2.75) is 0 Å². The van der Waals surface area contributed by atoms with Crippen molar-refractivity contribution in [3.05, 3.63) is 145 Å². The van der Waals surface area contributed by atoms with Crippen LogP contribution in [0.2, 0.25) is 0 Å². The van der Waals surface area contributed by atoms with E-state index in [1.807, 2.05) is 60.7 Å². The van der Waals surface area contributed by atoms with Gasteiger partial charge in [0.2, 0.25) is 0 Å². The molecule has 0 saturated carbocycles. The molecule has 0 atom stereocenters. The van der Waals surface area contributed by atoms with E-state index < -0.39 is 66.5 Å². The van der Waals surface area contributed by atoms with Gasteiger partial charge in [-0.1, -0.05) is 121 Å². The smallest absolute Gasteiger partial charge is 0.136 e. The largest absolute Gasteiger partial charge is 0.456 e. The van der Waals surface area contributed by atoms with Crippen molar-refractivity contribution in [3.8, 4) is 22.3 Å². The molecule has 0 bridgehead atoms. The van der Waals surface area contributed by atoms with Crippen LogP contribution in [0.5, 0.6) is 0 Å². The molecule has 0 unspecified atom stereocenters. The second-order valence-electron chi connectivity index (χ2n) is 10.0. The molecule has 1 aromatic heterocycles. The van der Waals surface area contributed by atoms with Gasteiger partial charge in [0.25, 0.3) is 0 Å². The van der Waals surface area contributed by atoms with Crippen molar-refractivity contribution < 1.29 is 19.5 Å². The number of furan rings is 1. The van der Waals surface area contributed by atoms with Crippen LogP contribution in [-0.4, -0.2) is 0 Å². The molecule has 190 valence electrons. The van der Waals surface area contributed by atoms with Gasteiger partial charge in [-0.15, -0.1) is 0 Å². The summed E-state index contributed by atoms with van der Waals surface area (Å²) in [6.07, 6.45) is 0. The quantitative estimate of drug-likeness (QED) is 0.160. The Bertz CT molecular complexity index is 3080. The summed E-state index contributed by atoms with van der Waals surface area (Å²) in [5, 5.41) is 2.73. The lowest BCUT2D eigenvalue weighted by molar-refractivity contribution is 0.669. The van der Waals surface area contributed by atoms with E-state index in [-0.39, 0.29) is 37.9 Å². The van der Waals surface area contributed by atoms with Gasteiger partial charge in [0, 0.05) is 10.8 Å². The second-order valence-corrected chi connectivity index (χ2v) is 10.0. The molecule has 0 N–H and O–H groups in total. The first-order chi connectivity index (χ1) is 24.9. The summed E-state index contributed by atoms with van der Waals surface area (Å²) >= 11 is 0. The number of hydrogen-bond donors (Lipinski definition) is 0. The van der Waals surface area contributed by atoms with E-state index in [0.717, 1.165) is 27.3 Å². The van der Waals surface area contributed by atoms with Gasteiger partial charge in [0.15, 0.2) is 0 Å². The molecule has 0 aliphatic rings. The molecule has 0 radical (unpaired) electrons. The van der Waals surface area contributed by atoms with E-state index in [9.17, 15) is 2.74 Å². The molecule has 9 aromatic rings. The third-order valence-electron chi connectivity index (χ3n) is 7.80. The van der Waals surface area contributed by atoms with Gasteiger partial charge >= 0.3 is 0 Å². The van der Waals surface area contributed by atoms with Crippen LogP contribution in [0.4, 0.5) is 0 Å². The number of rotatable bonds is 2. The minimum Gasteiger partial charge on any atom is -0.456 e. The third kappa shape index (κ3) is 3.30. The summed E-state index contributed by atoms with van der Waals surface area (Å²) < 4.78 is 103. The maximum Gasteiger partial charge on any atom is 0.136 e. The molecule has 0 spiro atoms. The molecular weight excluding hydrogens is 496 g/mol. The van der Waals surface area contributed by atoms with Crippen molar-refractivity contribution in [1.29, 1.82) is 0 Å². The Morgan fingerprint density at radius 1 is 0.463 bits per heavy atom. The second kappa shape index (κ2) is 8.55. The summed E-state index contributed by atoms with van der Waals surface area (Å²) in [5.74, 6) is 0. The molecule has 0 aliphatic carbocycles. The maximum atomic E-state index is 9.37. The summed E-state index contributed by atoms with van der Waals surface area (Å²) in [5.41, 5.74) is 3.82. The molecule has 1 nitrogen and oxygen atoms in total. The first-order valence-electron chi connectivity index (χ1n) is 18.7. The molecule has 41 heavy (non-hydrogen) atoms. The SMILES string of the molecule is [2H]c1c([2H])c([2H])c2c([2H])c3c(c([2H])c([2H])c4c([2H])c([2H])c([2H])c([2H])c43)c(-c3ccc4oc5ccc6c(-c7ccccc7)cccc6c5c4c3)c2c1[2H]. The van der Waals surface area contributed by atoms with Crippen molar-refractivity contribution in [2.75, 3.05) is 0 Å². The van der Waals surface area contributed by atoms with E-state index in [2.05, 4.69) is 6.07 Å². The standard InChI is InChI=1S/C40H24O/c1-2-9-25(10-3-1)29-15-8-16-33-32(29)20-22-38-40(33)36-24-28(18-21-37(36)41-38)39-31-14-7-5-12-27(31)23-35-30-13-6-4-11-26(30)17-19-34(35)39/h1-24H/i4D,5D,6D,7D,11D,12D,13D,14D,17D,19D,23D. The molecule has 9 rings (SSSR count). The predicted molar refractivity (Wildman–Crippen MR) is 175 cm³/mol. The van der Waals surface area contributed by atoms with Crippen molar-refractivity contribution >= 4 is 65.0 Å². The lowest BCUT2D eigenvalue weighted by atomic mass is 9.89. The van der Waals surface area contributed by atoms with Gasteiger partial charge in [-0.05, 0) is 89.6 Å². The van der Waals surface area contributed by atoms with Crippen LogP contribution in [-0.2, 0) is 0 Å². The predicted octanol–water partition coefficient (Wildman–Crippen LogP) is 11.5. The zero-order valence-electron chi connectivity index (χ0n) is 32.4. The molecule has 0 amide bonds.